The van der Waals surface area contributed by atoms with Crippen molar-refractivity contribution in [2.45, 2.75) is 43.8 Å². The number of alkyl halides is 2. The lowest BCUT2D eigenvalue weighted by molar-refractivity contribution is -0.133. The maximum Gasteiger partial charge on any atom is 0.333 e. The maximum absolute atomic E-state index is 13.8. The zero-order chi connectivity index (χ0) is 25.0. The first kappa shape index (κ1) is 22.6. The highest BCUT2D eigenvalue weighted by Gasteiger charge is 2.53. The smallest absolute Gasteiger partial charge is 0.333 e. The third-order valence-electron chi connectivity index (χ3n) is 7.13. The Labute approximate surface area is 203 Å². The number of hydrogen-bond acceptors (Lipinski definition) is 6. The molecule has 0 saturated carbocycles. The van der Waals surface area contributed by atoms with Gasteiger partial charge in [-0.2, -0.15) is 13.9 Å². The third-order valence-corrected chi connectivity index (χ3v) is 7.13. The molecule has 3 aliphatic rings. The molecule has 1 amide bonds. The Hall–Kier alpha value is -3.83. The van der Waals surface area contributed by atoms with Crippen molar-refractivity contribution in [2.24, 2.45) is 4.99 Å². The first-order valence-electron chi connectivity index (χ1n) is 11.6. The highest BCUT2D eigenvalue weighted by Crippen LogP contribution is 2.44. The second kappa shape index (κ2) is 8.38. The quantitative estimate of drug-likeness (QED) is 0.505. The Balaban J connectivity index is 1.19. The molecule has 1 aromatic carbocycles. The molecule has 8 nitrogen and oxygen atoms in total. The largest absolute Gasteiger partial charge is 0.356 e. The number of amidine groups is 1. The van der Waals surface area contributed by atoms with Crippen molar-refractivity contribution in [3.8, 4) is 11.3 Å². The Kier molecular flexibility index (Phi) is 5.27. The van der Waals surface area contributed by atoms with Crippen LogP contribution in [0.25, 0.3) is 11.3 Å². The van der Waals surface area contributed by atoms with Gasteiger partial charge in [-0.3, -0.25) is 14.7 Å². The van der Waals surface area contributed by atoms with Gasteiger partial charge in [0.15, 0.2) is 0 Å². The van der Waals surface area contributed by atoms with Crippen molar-refractivity contribution < 1.29 is 22.4 Å². The molecule has 1 unspecified atom stereocenters. The van der Waals surface area contributed by atoms with Crippen LogP contribution >= 0.6 is 0 Å². The predicted molar refractivity (Wildman–Crippen MR) is 121 cm³/mol. The van der Waals surface area contributed by atoms with E-state index in [-0.39, 0.29) is 5.91 Å². The molecule has 36 heavy (non-hydrogen) atoms. The van der Waals surface area contributed by atoms with Crippen molar-refractivity contribution in [1.29, 1.82) is 0 Å². The fourth-order valence-electron chi connectivity index (χ4n) is 5.35. The van der Waals surface area contributed by atoms with Gasteiger partial charge in [0.2, 0.25) is 0 Å². The molecule has 2 fully saturated rings. The number of anilines is 1. The SMILES string of the molecule is O=C1N2C(=NC13CCN(c1cc(-c4cnn(C(F)F)c4)ncn1)CC3)CCC2c1cc(F)cc(F)c1. The number of fused-ring (bicyclic) bond motifs is 1. The van der Waals surface area contributed by atoms with Gasteiger partial charge in [-0.1, -0.05) is 0 Å². The monoisotopic (exact) mass is 499 g/mol. The number of amides is 1. The number of benzene rings is 1. The lowest BCUT2D eigenvalue weighted by Gasteiger charge is -2.37. The van der Waals surface area contributed by atoms with E-state index in [1.165, 1.54) is 30.9 Å². The molecule has 5 heterocycles. The van der Waals surface area contributed by atoms with Crippen molar-refractivity contribution in [3.63, 3.8) is 0 Å². The van der Waals surface area contributed by atoms with Gasteiger partial charge in [0.05, 0.1) is 17.9 Å². The average molecular weight is 499 g/mol. The molecule has 186 valence electrons. The van der Waals surface area contributed by atoms with Crippen LogP contribution in [-0.4, -0.2) is 55.0 Å². The first-order chi connectivity index (χ1) is 17.3. The van der Waals surface area contributed by atoms with Crippen molar-refractivity contribution in [3.05, 3.63) is 60.2 Å². The predicted octanol–water partition coefficient (Wildman–Crippen LogP) is 4.13. The van der Waals surface area contributed by atoms with Gasteiger partial charge < -0.3 is 4.90 Å². The van der Waals surface area contributed by atoms with Gasteiger partial charge in [-0.25, -0.2) is 23.4 Å². The van der Waals surface area contributed by atoms with E-state index in [0.29, 0.717) is 71.9 Å². The minimum absolute atomic E-state index is 0.132. The summed E-state index contributed by atoms with van der Waals surface area (Å²) in [4.78, 5) is 30.5. The van der Waals surface area contributed by atoms with E-state index in [1.807, 2.05) is 4.90 Å². The zero-order valence-corrected chi connectivity index (χ0v) is 19.0. The average Bonchev–Trinajstić information content (AvgIpc) is 3.56. The zero-order valence-electron chi connectivity index (χ0n) is 19.0. The van der Waals surface area contributed by atoms with Crippen molar-refractivity contribution in [1.82, 2.24) is 24.6 Å². The number of carbonyl (C=O) groups excluding carboxylic acids is 1. The van der Waals surface area contributed by atoms with Gasteiger partial charge >= 0.3 is 6.55 Å². The molecular weight excluding hydrogens is 478 g/mol. The lowest BCUT2D eigenvalue weighted by Crippen LogP contribution is -2.50. The Morgan fingerprint density at radius 1 is 1.03 bits per heavy atom. The second-order valence-corrected chi connectivity index (χ2v) is 9.23. The van der Waals surface area contributed by atoms with Gasteiger partial charge in [0.1, 0.15) is 35.2 Å². The van der Waals surface area contributed by atoms with Gasteiger partial charge in [-0.05, 0) is 37.0 Å². The number of nitrogens with zero attached hydrogens (tertiary/aromatic N) is 7. The molecular formula is C24H21F4N7O. The summed E-state index contributed by atoms with van der Waals surface area (Å²) in [7, 11) is 0. The second-order valence-electron chi connectivity index (χ2n) is 9.23. The van der Waals surface area contributed by atoms with E-state index in [4.69, 9.17) is 4.99 Å². The van der Waals surface area contributed by atoms with Crippen LogP contribution < -0.4 is 4.90 Å². The van der Waals surface area contributed by atoms with Crippen LogP contribution in [-0.2, 0) is 4.79 Å². The van der Waals surface area contributed by atoms with Crippen molar-refractivity contribution >= 4 is 17.6 Å². The summed E-state index contributed by atoms with van der Waals surface area (Å²) < 4.78 is 53.9. The molecule has 1 atom stereocenters. The van der Waals surface area contributed by atoms with Crippen LogP contribution in [0.2, 0.25) is 0 Å². The summed E-state index contributed by atoms with van der Waals surface area (Å²) >= 11 is 0. The van der Waals surface area contributed by atoms with Crippen LogP contribution in [0, 0.1) is 11.6 Å². The molecule has 12 heteroatoms. The number of piperidine rings is 1. The molecule has 0 bridgehead atoms. The molecule has 3 aromatic rings. The summed E-state index contributed by atoms with van der Waals surface area (Å²) in [5.41, 5.74) is 0.453. The number of halogens is 4. The first-order valence-corrected chi connectivity index (χ1v) is 11.6. The Bertz CT molecular complexity index is 1350. The fourth-order valence-corrected chi connectivity index (χ4v) is 5.35. The summed E-state index contributed by atoms with van der Waals surface area (Å²) in [5.74, 6) is -0.186. The minimum atomic E-state index is -2.74. The number of rotatable bonds is 4. The van der Waals surface area contributed by atoms with Crippen LogP contribution in [0.15, 0.2) is 48.0 Å². The minimum Gasteiger partial charge on any atom is -0.356 e. The van der Waals surface area contributed by atoms with Gasteiger partial charge in [0, 0.05) is 43.4 Å². The lowest BCUT2D eigenvalue weighted by atomic mass is 9.87. The Morgan fingerprint density at radius 3 is 2.47 bits per heavy atom. The molecule has 0 N–H and O–H groups in total. The van der Waals surface area contributed by atoms with E-state index >= 15 is 0 Å². The number of aliphatic imine (C=N–C) groups is 1. The molecule has 0 radical (unpaired) electrons. The summed E-state index contributed by atoms with van der Waals surface area (Å²) in [5, 5.41) is 3.65. The molecule has 6 rings (SSSR count). The molecule has 3 aliphatic heterocycles. The van der Waals surface area contributed by atoms with Crippen LogP contribution in [0.1, 0.15) is 43.8 Å². The molecule has 1 spiro atoms. The van der Waals surface area contributed by atoms with Gasteiger partial charge in [0.25, 0.3) is 5.91 Å². The highest BCUT2D eigenvalue weighted by atomic mass is 19.3. The number of hydrogen-bond donors (Lipinski definition) is 0. The standard InChI is InChI=1S/C24H21F4N7O/c25-16-7-14(8-17(26)9-16)19-1-2-20-32-24(22(36)35(19)20)3-5-33(6-4-24)21-10-18(29-13-30-21)15-11-31-34(12-15)23(27)28/h7-13,19,23H,1-6H2. The summed E-state index contributed by atoms with van der Waals surface area (Å²) in [6.07, 6.45) is 5.98. The fraction of sp³-hybridized carbons (Fsp3) is 0.375. The van der Waals surface area contributed by atoms with E-state index in [1.54, 1.807) is 11.0 Å². The Morgan fingerprint density at radius 2 is 1.78 bits per heavy atom. The van der Waals surface area contributed by atoms with E-state index in [0.717, 1.165) is 6.07 Å². The maximum atomic E-state index is 13.8. The topological polar surface area (TPSA) is 79.5 Å². The third kappa shape index (κ3) is 3.71. The van der Waals surface area contributed by atoms with E-state index < -0.39 is 29.8 Å². The summed E-state index contributed by atoms with van der Waals surface area (Å²) in [6.45, 7) is -1.73. The van der Waals surface area contributed by atoms with Crippen LogP contribution in [0.3, 0.4) is 0 Å². The summed E-state index contributed by atoms with van der Waals surface area (Å²) in [6, 6.07) is 4.64. The van der Waals surface area contributed by atoms with Gasteiger partial charge in [-0.15, -0.1) is 0 Å². The molecule has 2 saturated heterocycles. The normalized spacial score (nSPS) is 21.0. The van der Waals surface area contributed by atoms with Crippen LogP contribution in [0.4, 0.5) is 23.4 Å². The van der Waals surface area contributed by atoms with Crippen LogP contribution in [0.5, 0.6) is 0 Å². The van der Waals surface area contributed by atoms with Crippen molar-refractivity contribution in [2.75, 3.05) is 18.0 Å². The molecule has 2 aromatic heterocycles. The molecule has 0 aliphatic carbocycles. The van der Waals surface area contributed by atoms with E-state index in [9.17, 15) is 22.4 Å². The highest BCUT2D eigenvalue weighted by molar-refractivity contribution is 6.10. The number of carbonyl (C=O) groups is 1. The number of aromatic nitrogens is 4. The van der Waals surface area contributed by atoms with E-state index in [2.05, 4.69) is 15.1 Å².